The molecule has 1 aromatic rings. The maximum Gasteiger partial charge on any atom is 0.136 e. The second-order valence-corrected chi connectivity index (χ2v) is 6.04. The van der Waals surface area contributed by atoms with Gasteiger partial charge in [0.05, 0.1) is 0 Å². The smallest absolute Gasteiger partial charge is 0.136 e. The fraction of sp³-hybridized carbons (Fsp3) is 0.714. The van der Waals surface area contributed by atoms with E-state index >= 15 is 0 Å². The molecule has 2 aliphatic carbocycles. The summed E-state index contributed by atoms with van der Waals surface area (Å²) in [6.45, 7) is 3.09. The van der Waals surface area contributed by atoms with E-state index in [0.29, 0.717) is 11.7 Å². The molecule has 2 aliphatic rings. The molecule has 3 rings (SSSR count). The van der Waals surface area contributed by atoms with Gasteiger partial charge in [0.2, 0.25) is 0 Å². The predicted molar refractivity (Wildman–Crippen MR) is 75.0 cm³/mol. The summed E-state index contributed by atoms with van der Waals surface area (Å²) in [5.41, 5.74) is 7.18. The molecule has 0 unspecified atom stereocenters. The van der Waals surface area contributed by atoms with Crippen molar-refractivity contribution in [1.82, 2.24) is 9.97 Å². The van der Waals surface area contributed by atoms with Crippen molar-refractivity contribution in [3.63, 3.8) is 0 Å². The van der Waals surface area contributed by atoms with Crippen LogP contribution in [-0.4, -0.2) is 28.2 Å². The fourth-order valence-electron chi connectivity index (χ4n) is 2.45. The number of hydrogen-bond acceptors (Lipinski definition) is 5. The minimum Gasteiger partial charge on any atom is -0.396 e. The van der Waals surface area contributed by atoms with Crippen molar-refractivity contribution in [1.29, 1.82) is 0 Å². The highest BCUT2D eigenvalue weighted by molar-refractivity contribution is 5.55. The van der Waals surface area contributed by atoms with Crippen molar-refractivity contribution in [2.24, 2.45) is 5.41 Å². The van der Waals surface area contributed by atoms with Gasteiger partial charge in [-0.05, 0) is 44.4 Å². The Balaban J connectivity index is 1.72. The molecule has 2 fully saturated rings. The molecule has 0 aliphatic heterocycles. The Morgan fingerprint density at radius 3 is 2.68 bits per heavy atom. The normalized spacial score (nSPS) is 20.3. The molecule has 104 valence electrons. The summed E-state index contributed by atoms with van der Waals surface area (Å²) in [6, 6.07) is 0. The quantitative estimate of drug-likeness (QED) is 0.728. The Morgan fingerprint density at radius 2 is 2.11 bits per heavy atom. The van der Waals surface area contributed by atoms with Crippen molar-refractivity contribution >= 4 is 11.6 Å². The van der Waals surface area contributed by atoms with E-state index in [-0.39, 0.29) is 12.0 Å². The van der Waals surface area contributed by atoms with Crippen LogP contribution >= 0.6 is 0 Å². The van der Waals surface area contributed by atoms with Crippen LogP contribution in [0.4, 0.5) is 11.6 Å². The molecular formula is C14H22N4O. The summed E-state index contributed by atoms with van der Waals surface area (Å²) in [4.78, 5) is 9.00. The Hall–Kier alpha value is -1.36. The standard InChI is InChI=1S/C14H22N4O/c1-9-11(15)17-13(10-2-3-10)18-12(9)16-8-14(4-5-14)6-7-19/h10,19H,2-8H2,1H3,(H3,15,16,17,18). The van der Waals surface area contributed by atoms with Crippen LogP contribution in [0, 0.1) is 12.3 Å². The lowest BCUT2D eigenvalue weighted by atomic mass is 10.0. The van der Waals surface area contributed by atoms with Gasteiger partial charge in [-0.3, -0.25) is 0 Å². The van der Waals surface area contributed by atoms with Crippen LogP contribution in [-0.2, 0) is 0 Å². The molecule has 1 heterocycles. The zero-order chi connectivity index (χ0) is 13.5. The zero-order valence-corrected chi connectivity index (χ0v) is 11.4. The fourth-order valence-corrected chi connectivity index (χ4v) is 2.45. The van der Waals surface area contributed by atoms with Crippen molar-refractivity contribution in [3.05, 3.63) is 11.4 Å². The predicted octanol–water partition coefficient (Wildman–Crippen LogP) is 1.82. The molecule has 4 N–H and O–H groups in total. The topological polar surface area (TPSA) is 84.1 Å². The summed E-state index contributed by atoms with van der Waals surface area (Å²) >= 11 is 0. The SMILES string of the molecule is Cc1c(N)nc(C2CC2)nc1NCC1(CCO)CC1. The maximum atomic E-state index is 9.09. The third kappa shape index (κ3) is 2.66. The number of aromatic nitrogens is 2. The van der Waals surface area contributed by atoms with Crippen LogP contribution in [0.15, 0.2) is 0 Å². The molecule has 2 saturated carbocycles. The number of nitrogens with two attached hydrogens (primary N) is 1. The minimum absolute atomic E-state index is 0.264. The molecule has 0 radical (unpaired) electrons. The molecule has 0 spiro atoms. The molecule has 5 heteroatoms. The van der Waals surface area contributed by atoms with Gasteiger partial charge in [-0.25, -0.2) is 9.97 Å². The minimum atomic E-state index is 0.264. The number of anilines is 2. The van der Waals surface area contributed by atoms with E-state index in [1.165, 1.54) is 25.7 Å². The van der Waals surface area contributed by atoms with E-state index in [4.69, 9.17) is 10.8 Å². The number of nitrogens with zero attached hydrogens (tertiary/aromatic N) is 2. The highest BCUT2D eigenvalue weighted by Gasteiger charge is 2.41. The van der Waals surface area contributed by atoms with Gasteiger partial charge in [0.1, 0.15) is 17.5 Å². The largest absolute Gasteiger partial charge is 0.396 e. The molecule has 0 bridgehead atoms. The van der Waals surface area contributed by atoms with Gasteiger partial charge in [0.25, 0.3) is 0 Å². The molecule has 0 amide bonds. The van der Waals surface area contributed by atoms with Crippen molar-refractivity contribution in [2.45, 2.75) is 44.9 Å². The average molecular weight is 262 g/mol. The van der Waals surface area contributed by atoms with Crippen molar-refractivity contribution < 1.29 is 5.11 Å². The Morgan fingerprint density at radius 1 is 1.37 bits per heavy atom. The lowest BCUT2D eigenvalue weighted by Crippen LogP contribution is -2.19. The van der Waals surface area contributed by atoms with E-state index < -0.39 is 0 Å². The van der Waals surface area contributed by atoms with Gasteiger partial charge in [0, 0.05) is 24.6 Å². The number of nitrogen functional groups attached to an aromatic ring is 1. The highest BCUT2D eigenvalue weighted by Crippen LogP contribution is 2.48. The Kier molecular flexibility index (Phi) is 3.09. The third-order valence-corrected chi connectivity index (χ3v) is 4.37. The first-order valence-electron chi connectivity index (χ1n) is 7.12. The van der Waals surface area contributed by atoms with E-state index in [1.54, 1.807) is 0 Å². The second kappa shape index (κ2) is 4.63. The first-order chi connectivity index (χ1) is 9.13. The maximum absolute atomic E-state index is 9.09. The van der Waals surface area contributed by atoms with Gasteiger partial charge >= 0.3 is 0 Å². The van der Waals surface area contributed by atoms with E-state index in [9.17, 15) is 0 Å². The van der Waals surface area contributed by atoms with Crippen LogP contribution in [0.5, 0.6) is 0 Å². The lowest BCUT2D eigenvalue weighted by Gasteiger charge is -2.17. The summed E-state index contributed by atoms with van der Waals surface area (Å²) in [5.74, 6) is 2.86. The monoisotopic (exact) mass is 262 g/mol. The first kappa shape index (κ1) is 12.7. The first-order valence-corrected chi connectivity index (χ1v) is 7.12. The molecular weight excluding hydrogens is 240 g/mol. The molecule has 0 aromatic carbocycles. The molecule has 1 aromatic heterocycles. The summed E-state index contributed by atoms with van der Waals surface area (Å²) < 4.78 is 0. The van der Waals surface area contributed by atoms with Crippen molar-refractivity contribution in [3.8, 4) is 0 Å². The summed E-state index contributed by atoms with van der Waals surface area (Å²) in [7, 11) is 0. The lowest BCUT2D eigenvalue weighted by molar-refractivity contribution is 0.253. The number of hydrogen-bond donors (Lipinski definition) is 3. The summed E-state index contributed by atoms with van der Waals surface area (Å²) in [5, 5.41) is 12.5. The van der Waals surface area contributed by atoms with Gasteiger partial charge < -0.3 is 16.2 Å². The highest BCUT2D eigenvalue weighted by atomic mass is 16.3. The van der Waals surface area contributed by atoms with Crippen LogP contribution in [0.3, 0.4) is 0 Å². The number of aliphatic hydroxyl groups is 1. The second-order valence-electron chi connectivity index (χ2n) is 6.04. The van der Waals surface area contributed by atoms with Crippen LogP contribution < -0.4 is 11.1 Å². The third-order valence-electron chi connectivity index (χ3n) is 4.37. The number of rotatable bonds is 6. The van der Waals surface area contributed by atoms with Gasteiger partial charge in [-0.1, -0.05) is 0 Å². The van der Waals surface area contributed by atoms with E-state index in [0.717, 1.165) is 30.2 Å². The summed E-state index contributed by atoms with van der Waals surface area (Å²) in [6.07, 6.45) is 5.60. The van der Waals surface area contributed by atoms with E-state index in [2.05, 4.69) is 15.3 Å². The molecule has 5 nitrogen and oxygen atoms in total. The van der Waals surface area contributed by atoms with Gasteiger partial charge in [0.15, 0.2) is 0 Å². The number of nitrogens with one attached hydrogen (secondary N) is 1. The molecule has 0 atom stereocenters. The van der Waals surface area contributed by atoms with Gasteiger partial charge in [-0.15, -0.1) is 0 Å². The zero-order valence-electron chi connectivity index (χ0n) is 11.4. The molecule has 19 heavy (non-hydrogen) atoms. The van der Waals surface area contributed by atoms with Crippen molar-refractivity contribution in [2.75, 3.05) is 24.2 Å². The Bertz CT molecular complexity index is 481. The van der Waals surface area contributed by atoms with Crippen LogP contribution in [0.25, 0.3) is 0 Å². The molecule has 0 saturated heterocycles. The number of aliphatic hydroxyl groups excluding tert-OH is 1. The average Bonchev–Trinajstić information content (AvgIpc) is 3.25. The van der Waals surface area contributed by atoms with Crippen LogP contribution in [0.2, 0.25) is 0 Å². The van der Waals surface area contributed by atoms with Gasteiger partial charge in [-0.2, -0.15) is 0 Å². The Labute approximate surface area is 113 Å². The van der Waals surface area contributed by atoms with E-state index in [1.807, 2.05) is 6.92 Å². The van der Waals surface area contributed by atoms with Crippen LogP contribution in [0.1, 0.15) is 49.4 Å².